The summed E-state index contributed by atoms with van der Waals surface area (Å²) in [5.41, 5.74) is 2.09. The van der Waals surface area contributed by atoms with Crippen LogP contribution < -0.4 is 0 Å². The molecule has 0 aliphatic heterocycles. The minimum absolute atomic E-state index is 0.361. The lowest BCUT2D eigenvalue weighted by Gasteiger charge is -2.32. The zero-order chi connectivity index (χ0) is 19.1. The molecule has 0 radical (unpaired) electrons. The fourth-order valence-electron chi connectivity index (χ4n) is 2.89. The number of esters is 1. The molecule has 3 aromatic carbocycles. The number of carbonyl (C=O) groups is 1. The number of hydrogen-bond acceptors (Lipinski definition) is 2. The molecule has 0 saturated carbocycles. The van der Waals surface area contributed by atoms with E-state index in [9.17, 15) is 4.79 Å². The number of benzene rings is 3. The second-order valence-corrected chi connectivity index (χ2v) is 6.38. The van der Waals surface area contributed by atoms with Crippen molar-refractivity contribution in [1.82, 2.24) is 0 Å². The van der Waals surface area contributed by atoms with Crippen molar-refractivity contribution in [3.05, 3.63) is 126 Å². The molecule has 27 heavy (non-hydrogen) atoms. The Labute approximate surface area is 160 Å². The highest BCUT2D eigenvalue weighted by Crippen LogP contribution is 2.36. The van der Waals surface area contributed by atoms with Gasteiger partial charge < -0.3 is 4.74 Å². The highest BCUT2D eigenvalue weighted by Gasteiger charge is 2.36. The molecule has 0 amide bonds. The predicted octanol–water partition coefficient (Wildman–Crippen LogP) is 5.76. The Morgan fingerprint density at radius 2 is 1.26 bits per heavy atom. The van der Waals surface area contributed by atoms with E-state index in [0.29, 0.717) is 5.57 Å². The van der Waals surface area contributed by atoms with Crippen molar-refractivity contribution < 1.29 is 9.53 Å². The molecule has 0 aliphatic rings. The van der Waals surface area contributed by atoms with Gasteiger partial charge in [-0.25, -0.2) is 4.79 Å². The van der Waals surface area contributed by atoms with Crippen molar-refractivity contribution in [3.8, 4) is 0 Å². The summed E-state index contributed by atoms with van der Waals surface area (Å²) in [6.07, 6.45) is 3.92. The van der Waals surface area contributed by atoms with Gasteiger partial charge in [-0.2, -0.15) is 0 Å². The van der Waals surface area contributed by atoms with Gasteiger partial charge in [0.05, 0.1) is 0 Å². The highest BCUT2D eigenvalue weighted by atomic mass is 16.6. The molecule has 0 unspecified atom stereocenters. The van der Waals surface area contributed by atoms with Crippen molar-refractivity contribution in [2.24, 2.45) is 0 Å². The molecule has 0 fully saturated rings. The molecule has 0 heterocycles. The van der Waals surface area contributed by atoms with Crippen molar-refractivity contribution in [2.45, 2.75) is 12.5 Å². The van der Waals surface area contributed by atoms with Crippen molar-refractivity contribution >= 4 is 12.0 Å². The van der Waals surface area contributed by atoms with E-state index >= 15 is 0 Å². The van der Waals surface area contributed by atoms with Gasteiger partial charge in [0.15, 0.2) is 5.60 Å². The van der Waals surface area contributed by atoms with Gasteiger partial charge in [-0.3, -0.25) is 0 Å². The van der Waals surface area contributed by atoms with Crippen LogP contribution in [0.15, 0.2) is 109 Å². The molecule has 134 valence electrons. The van der Waals surface area contributed by atoms with Gasteiger partial charge in [0.1, 0.15) is 0 Å². The lowest BCUT2D eigenvalue weighted by Crippen LogP contribution is -2.32. The van der Waals surface area contributed by atoms with E-state index in [1.165, 1.54) is 0 Å². The Morgan fingerprint density at radius 3 is 1.70 bits per heavy atom. The lowest BCUT2D eigenvalue weighted by atomic mass is 9.85. The van der Waals surface area contributed by atoms with Crippen LogP contribution in [-0.4, -0.2) is 5.97 Å². The van der Waals surface area contributed by atoms with Gasteiger partial charge in [-0.05, 0) is 18.6 Å². The first-order valence-electron chi connectivity index (χ1n) is 8.86. The van der Waals surface area contributed by atoms with Gasteiger partial charge in [0, 0.05) is 16.7 Å². The van der Waals surface area contributed by atoms with Gasteiger partial charge >= 0.3 is 5.97 Å². The molecule has 0 aromatic heterocycles. The third-order valence-corrected chi connectivity index (χ3v) is 4.32. The second-order valence-electron chi connectivity index (χ2n) is 6.38. The summed E-state index contributed by atoms with van der Waals surface area (Å²) in [5.74, 6) is -0.430. The molecule has 0 spiro atoms. The van der Waals surface area contributed by atoms with Gasteiger partial charge in [-0.1, -0.05) is 104 Å². The molecule has 2 nitrogen and oxygen atoms in total. The van der Waals surface area contributed by atoms with Crippen LogP contribution in [0.2, 0.25) is 0 Å². The molecule has 3 aromatic rings. The molecule has 2 heteroatoms. The van der Waals surface area contributed by atoms with Gasteiger partial charge in [0.2, 0.25) is 0 Å². The number of ether oxygens (including phenoxy) is 1. The predicted molar refractivity (Wildman–Crippen MR) is 110 cm³/mol. The van der Waals surface area contributed by atoms with Crippen molar-refractivity contribution in [3.63, 3.8) is 0 Å². The van der Waals surface area contributed by atoms with Crippen LogP contribution in [0, 0.1) is 0 Å². The maximum Gasteiger partial charge on any atom is 0.334 e. The van der Waals surface area contributed by atoms with Crippen molar-refractivity contribution in [1.29, 1.82) is 0 Å². The van der Waals surface area contributed by atoms with E-state index in [0.717, 1.165) is 16.7 Å². The Balaban J connectivity index is 2.19. The van der Waals surface area contributed by atoms with E-state index in [4.69, 9.17) is 4.74 Å². The SMILES string of the molecule is C=C(C)C(=O)OC(C=Cc1ccccc1)(c1ccccc1)c1ccccc1. The largest absolute Gasteiger partial charge is 0.442 e. The maximum atomic E-state index is 12.6. The zero-order valence-corrected chi connectivity index (χ0v) is 15.3. The molecule has 0 N–H and O–H groups in total. The van der Waals surface area contributed by atoms with E-state index in [-0.39, 0.29) is 0 Å². The topological polar surface area (TPSA) is 26.3 Å². The second kappa shape index (κ2) is 8.33. The molecular formula is C25H22O2. The van der Waals surface area contributed by atoms with Gasteiger partial charge in [-0.15, -0.1) is 0 Å². The highest BCUT2D eigenvalue weighted by molar-refractivity contribution is 5.88. The molecule has 0 aliphatic carbocycles. The molecular weight excluding hydrogens is 332 g/mol. The van der Waals surface area contributed by atoms with E-state index in [2.05, 4.69) is 6.58 Å². The van der Waals surface area contributed by atoms with Gasteiger partial charge in [0.25, 0.3) is 0 Å². The normalized spacial score (nSPS) is 11.3. The Bertz CT molecular complexity index is 886. The Kier molecular flexibility index (Phi) is 5.68. The first kappa shape index (κ1) is 18.4. The van der Waals surface area contributed by atoms with Crippen LogP contribution in [0.1, 0.15) is 23.6 Å². The van der Waals surface area contributed by atoms with E-state index in [1.54, 1.807) is 6.92 Å². The summed E-state index contributed by atoms with van der Waals surface area (Å²) >= 11 is 0. The van der Waals surface area contributed by atoms with Crippen molar-refractivity contribution in [2.75, 3.05) is 0 Å². The molecule has 3 rings (SSSR count). The number of carbonyl (C=O) groups excluding carboxylic acids is 1. The van der Waals surface area contributed by atoms with Crippen LogP contribution in [0.3, 0.4) is 0 Å². The minimum Gasteiger partial charge on any atom is -0.442 e. The summed E-state index contributed by atoms with van der Waals surface area (Å²) in [6, 6.07) is 29.5. The zero-order valence-electron chi connectivity index (χ0n) is 15.3. The summed E-state index contributed by atoms with van der Waals surface area (Å²) in [6.45, 7) is 5.40. The molecule has 0 bridgehead atoms. The van der Waals surface area contributed by atoms with E-state index in [1.807, 2.05) is 103 Å². The lowest BCUT2D eigenvalue weighted by molar-refractivity contribution is -0.147. The average Bonchev–Trinajstić information content (AvgIpc) is 2.73. The molecule has 0 atom stereocenters. The fraction of sp³-hybridized carbons (Fsp3) is 0.0800. The third-order valence-electron chi connectivity index (χ3n) is 4.32. The first-order valence-corrected chi connectivity index (χ1v) is 8.86. The summed E-state index contributed by atoms with van der Waals surface area (Å²) in [4.78, 5) is 12.6. The van der Waals surface area contributed by atoms with E-state index < -0.39 is 11.6 Å². The summed E-state index contributed by atoms with van der Waals surface area (Å²) < 4.78 is 6.07. The first-order chi connectivity index (χ1) is 13.1. The number of hydrogen-bond donors (Lipinski definition) is 0. The quantitative estimate of drug-likeness (QED) is 0.415. The monoisotopic (exact) mass is 354 g/mol. The summed E-state index contributed by atoms with van der Waals surface area (Å²) in [7, 11) is 0. The minimum atomic E-state index is -1.05. The van der Waals surface area contributed by atoms with Crippen LogP contribution in [0.5, 0.6) is 0 Å². The van der Waals surface area contributed by atoms with Crippen LogP contribution in [0.25, 0.3) is 6.08 Å². The maximum absolute atomic E-state index is 12.6. The van der Waals surface area contributed by atoms with Crippen LogP contribution >= 0.6 is 0 Å². The average molecular weight is 354 g/mol. The number of rotatable bonds is 6. The smallest absolute Gasteiger partial charge is 0.334 e. The molecule has 0 saturated heterocycles. The Hall–Kier alpha value is -3.39. The summed E-state index contributed by atoms with van der Waals surface area (Å²) in [5, 5.41) is 0. The standard InChI is InChI=1S/C25H22O2/c1-20(2)24(26)27-25(22-14-8-4-9-15-22,23-16-10-5-11-17-23)19-18-21-12-6-3-7-13-21/h3-19H,1H2,2H3. The fourth-order valence-corrected chi connectivity index (χ4v) is 2.89. The Morgan fingerprint density at radius 1 is 0.815 bits per heavy atom. The van der Waals surface area contributed by atoms with Crippen LogP contribution in [-0.2, 0) is 15.1 Å². The van der Waals surface area contributed by atoms with Crippen LogP contribution in [0.4, 0.5) is 0 Å². The third kappa shape index (κ3) is 4.24.